The monoisotopic (exact) mass is 331 g/mol. The molecule has 2 aromatic rings. The van der Waals surface area contributed by atoms with Gasteiger partial charge in [-0.05, 0) is 35.2 Å². The Kier molecular flexibility index (Phi) is 5.36. The van der Waals surface area contributed by atoms with Gasteiger partial charge in [0.05, 0.1) is 0 Å². The predicted molar refractivity (Wildman–Crippen MR) is 86.1 cm³/mol. The largest absolute Gasteiger partial charge is 0.348 e. The lowest BCUT2D eigenvalue weighted by Gasteiger charge is -2.07. The maximum absolute atomic E-state index is 12.1. The molecular weight excluding hydrogens is 314 g/mol. The molecule has 0 fully saturated rings. The number of amides is 1. The number of carbonyl (C=O) groups excluding carboxylic acids is 1. The van der Waals surface area contributed by atoms with Gasteiger partial charge in [-0.15, -0.1) is 0 Å². The first-order valence-corrected chi connectivity index (χ1v) is 7.86. The lowest BCUT2D eigenvalue weighted by atomic mass is 10.1. The van der Waals surface area contributed by atoms with Gasteiger partial charge >= 0.3 is 0 Å². The van der Waals surface area contributed by atoms with Gasteiger partial charge < -0.3 is 5.32 Å². The van der Waals surface area contributed by atoms with Crippen LogP contribution in [0, 0.1) is 0 Å². The van der Waals surface area contributed by atoms with Crippen LogP contribution in [-0.4, -0.2) is 5.91 Å². The van der Waals surface area contributed by atoms with Crippen LogP contribution in [0.1, 0.15) is 34.0 Å². The fourth-order valence-corrected chi connectivity index (χ4v) is 2.35. The quantitative estimate of drug-likeness (QED) is 0.822. The van der Waals surface area contributed by atoms with Crippen molar-refractivity contribution in [2.24, 2.45) is 0 Å². The highest BCUT2D eigenvalue weighted by atomic mass is 79.9. The van der Waals surface area contributed by atoms with E-state index in [2.05, 4.69) is 40.3 Å². The van der Waals surface area contributed by atoms with E-state index in [1.807, 2.05) is 36.4 Å². The van der Waals surface area contributed by atoms with Crippen molar-refractivity contribution in [2.45, 2.75) is 25.2 Å². The average Bonchev–Trinajstić information content (AvgIpc) is 2.53. The van der Waals surface area contributed by atoms with Crippen LogP contribution >= 0.6 is 15.9 Å². The molecule has 3 heteroatoms. The van der Waals surface area contributed by atoms with Crippen LogP contribution in [0.15, 0.2) is 48.5 Å². The number of rotatable bonds is 5. The summed E-state index contributed by atoms with van der Waals surface area (Å²) in [6, 6.07) is 15.9. The molecule has 1 amide bonds. The number of benzene rings is 2. The Morgan fingerprint density at radius 1 is 1.05 bits per heavy atom. The Labute approximate surface area is 128 Å². The minimum absolute atomic E-state index is 0.0306. The molecule has 0 aliphatic carbocycles. The topological polar surface area (TPSA) is 29.1 Å². The normalized spacial score (nSPS) is 10.3. The van der Waals surface area contributed by atoms with Crippen molar-refractivity contribution in [1.82, 2.24) is 5.32 Å². The Morgan fingerprint density at radius 2 is 1.75 bits per heavy atom. The number of carbonyl (C=O) groups is 1. The first-order chi connectivity index (χ1) is 9.72. The molecular formula is C17H18BrNO. The Bertz CT molecular complexity index is 578. The van der Waals surface area contributed by atoms with Crippen LogP contribution in [0.5, 0.6) is 0 Å². The van der Waals surface area contributed by atoms with E-state index in [4.69, 9.17) is 0 Å². The molecule has 2 rings (SSSR count). The first kappa shape index (κ1) is 14.8. The van der Waals surface area contributed by atoms with E-state index < -0.39 is 0 Å². The maximum Gasteiger partial charge on any atom is 0.251 e. The Hall–Kier alpha value is -1.61. The summed E-state index contributed by atoms with van der Waals surface area (Å²) in [6.07, 6.45) is 0.987. The van der Waals surface area contributed by atoms with Crippen molar-refractivity contribution in [3.63, 3.8) is 0 Å². The van der Waals surface area contributed by atoms with Gasteiger partial charge in [-0.3, -0.25) is 4.79 Å². The molecule has 0 unspecified atom stereocenters. The van der Waals surface area contributed by atoms with Gasteiger partial charge in [0.2, 0.25) is 0 Å². The molecule has 0 bridgehead atoms. The number of halogens is 1. The molecule has 2 nitrogen and oxygen atoms in total. The lowest BCUT2D eigenvalue weighted by Crippen LogP contribution is -2.22. The summed E-state index contributed by atoms with van der Waals surface area (Å²) >= 11 is 3.43. The molecule has 0 spiro atoms. The van der Waals surface area contributed by atoms with Gasteiger partial charge in [-0.25, -0.2) is 0 Å². The SMILES string of the molecule is CCc1ccc(C(=O)NCc2cccc(CBr)c2)cc1. The second-order valence-corrected chi connectivity index (χ2v) is 5.25. The van der Waals surface area contributed by atoms with Crippen LogP contribution in [0.4, 0.5) is 0 Å². The molecule has 2 aromatic carbocycles. The third-order valence-corrected chi connectivity index (χ3v) is 3.87. The zero-order chi connectivity index (χ0) is 14.4. The fourth-order valence-electron chi connectivity index (χ4n) is 2.00. The van der Waals surface area contributed by atoms with Gasteiger partial charge in [0.1, 0.15) is 0 Å². The summed E-state index contributed by atoms with van der Waals surface area (Å²) in [5, 5.41) is 3.78. The highest BCUT2D eigenvalue weighted by Crippen LogP contribution is 2.09. The van der Waals surface area contributed by atoms with E-state index in [1.54, 1.807) is 0 Å². The van der Waals surface area contributed by atoms with Gasteiger partial charge in [-0.1, -0.05) is 59.3 Å². The molecule has 20 heavy (non-hydrogen) atoms. The Morgan fingerprint density at radius 3 is 2.40 bits per heavy atom. The number of nitrogens with one attached hydrogen (secondary N) is 1. The molecule has 104 valence electrons. The summed E-state index contributed by atoms with van der Waals surface area (Å²) in [7, 11) is 0. The smallest absolute Gasteiger partial charge is 0.251 e. The number of hydrogen-bond donors (Lipinski definition) is 1. The molecule has 0 radical (unpaired) electrons. The molecule has 0 aliphatic heterocycles. The Balaban J connectivity index is 1.97. The second-order valence-electron chi connectivity index (χ2n) is 4.69. The molecule has 1 N–H and O–H groups in total. The summed E-state index contributed by atoms with van der Waals surface area (Å²) in [5.74, 6) is -0.0306. The molecule has 0 saturated heterocycles. The summed E-state index contributed by atoms with van der Waals surface area (Å²) in [6.45, 7) is 2.65. The average molecular weight is 332 g/mol. The van der Waals surface area contributed by atoms with Gasteiger partial charge in [0.15, 0.2) is 0 Å². The van der Waals surface area contributed by atoms with Crippen LogP contribution in [-0.2, 0) is 18.3 Å². The second kappa shape index (κ2) is 7.25. The standard InChI is InChI=1S/C17H18BrNO/c1-2-13-6-8-16(9-7-13)17(20)19-12-15-5-3-4-14(10-15)11-18/h3-10H,2,11-12H2,1H3,(H,19,20). The van der Waals surface area contributed by atoms with E-state index in [0.29, 0.717) is 12.1 Å². The van der Waals surface area contributed by atoms with Crippen LogP contribution in [0.2, 0.25) is 0 Å². The van der Waals surface area contributed by atoms with E-state index >= 15 is 0 Å². The van der Waals surface area contributed by atoms with Crippen LogP contribution in [0.25, 0.3) is 0 Å². The third kappa shape index (κ3) is 3.94. The number of alkyl halides is 1. The summed E-state index contributed by atoms with van der Waals surface area (Å²) < 4.78 is 0. The summed E-state index contributed by atoms with van der Waals surface area (Å²) in [5.41, 5.74) is 4.27. The van der Waals surface area contributed by atoms with E-state index in [9.17, 15) is 4.79 Å². The van der Waals surface area contributed by atoms with Crippen molar-refractivity contribution in [3.8, 4) is 0 Å². The highest BCUT2D eigenvalue weighted by molar-refractivity contribution is 9.08. The number of hydrogen-bond acceptors (Lipinski definition) is 1. The van der Waals surface area contributed by atoms with E-state index in [1.165, 1.54) is 11.1 Å². The molecule has 0 heterocycles. The molecule has 0 aromatic heterocycles. The lowest BCUT2D eigenvalue weighted by molar-refractivity contribution is 0.0951. The van der Waals surface area contributed by atoms with E-state index in [-0.39, 0.29) is 5.91 Å². The van der Waals surface area contributed by atoms with Crippen LogP contribution in [0.3, 0.4) is 0 Å². The van der Waals surface area contributed by atoms with Gasteiger partial charge in [0.25, 0.3) is 5.91 Å². The minimum Gasteiger partial charge on any atom is -0.348 e. The molecule has 0 saturated carbocycles. The molecule has 0 atom stereocenters. The first-order valence-electron chi connectivity index (χ1n) is 6.74. The molecule has 0 aliphatic rings. The van der Waals surface area contributed by atoms with Crippen molar-refractivity contribution in [2.75, 3.05) is 0 Å². The van der Waals surface area contributed by atoms with Crippen LogP contribution < -0.4 is 5.32 Å². The predicted octanol–water partition coefficient (Wildman–Crippen LogP) is 4.07. The van der Waals surface area contributed by atoms with Gasteiger partial charge in [-0.2, -0.15) is 0 Å². The maximum atomic E-state index is 12.1. The van der Waals surface area contributed by atoms with E-state index in [0.717, 1.165) is 17.3 Å². The zero-order valence-corrected chi connectivity index (χ0v) is 13.1. The van der Waals surface area contributed by atoms with Crippen molar-refractivity contribution in [3.05, 3.63) is 70.8 Å². The van der Waals surface area contributed by atoms with Crippen molar-refractivity contribution < 1.29 is 4.79 Å². The van der Waals surface area contributed by atoms with Crippen molar-refractivity contribution in [1.29, 1.82) is 0 Å². The fraction of sp³-hybridized carbons (Fsp3) is 0.235. The third-order valence-electron chi connectivity index (χ3n) is 3.22. The summed E-state index contributed by atoms with van der Waals surface area (Å²) in [4.78, 5) is 12.1. The van der Waals surface area contributed by atoms with Gasteiger partial charge in [0, 0.05) is 17.4 Å². The minimum atomic E-state index is -0.0306. The zero-order valence-electron chi connectivity index (χ0n) is 11.5. The number of aryl methyl sites for hydroxylation is 1. The highest BCUT2D eigenvalue weighted by Gasteiger charge is 2.05. The van der Waals surface area contributed by atoms with Crippen molar-refractivity contribution >= 4 is 21.8 Å².